The van der Waals surface area contributed by atoms with Gasteiger partial charge in [0, 0.05) is 4.47 Å². The minimum Gasteiger partial charge on any atom is -0.496 e. The first kappa shape index (κ1) is 11.0. The van der Waals surface area contributed by atoms with E-state index in [9.17, 15) is 4.79 Å². The second-order valence-electron chi connectivity index (χ2n) is 2.35. The van der Waals surface area contributed by atoms with Crippen LogP contribution < -0.4 is 4.74 Å². The SMILES string of the molecule is COc1cc(Br)ccc1C(=O)N=C=S. The lowest BCUT2D eigenvalue weighted by molar-refractivity contribution is 0.100. The molecule has 0 aliphatic rings. The molecule has 1 aromatic rings. The monoisotopic (exact) mass is 271 g/mol. The van der Waals surface area contributed by atoms with Crippen LogP contribution in [0.4, 0.5) is 0 Å². The first-order valence-corrected chi connectivity index (χ1v) is 4.85. The van der Waals surface area contributed by atoms with Crippen LogP contribution in [0.2, 0.25) is 0 Å². The molecule has 0 saturated carbocycles. The second-order valence-corrected chi connectivity index (χ2v) is 3.45. The van der Waals surface area contributed by atoms with E-state index in [4.69, 9.17) is 4.74 Å². The smallest absolute Gasteiger partial charge is 0.289 e. The average molecular weight is 272 g/mol. The number of ether oxygens (including phenoxy) is 1. The largest absolute Gasteiger partial charge is 0.496 e. The van der Waals surface area contributed by atoms with Gasteiger partial charge in [-0.3, -0.25) is 4.79 Å². The van der Waals surface area contributed by atoms with Gasteiger partial charge in [-0.2, -0.15) is 4.99 Å². The highest BCUT2D eigenvalue weighted by atomic mass is 79.9. The van der Waals surface area contributed by atoms with E-state index in [1.54, 1.807) is 18.2 Å². The Morgan fingerprint density at radius 1 is 1.64 bits per heavy atom. The van der Waals surface area contributed by atoms with E-state index in [0.717, 1.165) is 4.47 Å². The van der Waals surface area contributed by atoms with Crippen molar-refractivity contribution in [2.45, 2.75) is 0 Å². The summed E-state index contributed by atoms with van der Waals surface area (Å²) in [6, 6.07) is 5.03. The number of hydrogen-bond donors (Lipinski definition) is 0. The van der Waals surface area contributed by atoms with Gasteiger partial charge in [0.05, 0.1) is 17.8 Å². The van der Waals surface area contributed by atoms with Crippen molar-refractivity contribution in [2.75, 3.05) is 7.11 Å². The average Bonchev–Trinajstić information content (AvgIpc) is 2.17. The summed E-state index contributed by atoms with van der Waals surface area (Å²) in [5, 5.41) is 2.02. The molecule has 0 saturated heterocycles. The van der Waals surface area contributed by atoms with Crippen molar-refractivity contribution in [3.8, 4) is 5.75 Å². The third-order valence-electron chi connectivity index (χ3n) is 1.54. The summed E-state index contributed by atoms with van der Waals surface area (Å²) in [4.78, 5) is 14.7. The van der Waals surface area contributed by atoms with Crippen molar-refractivity contribution >= 4 is 39.2 Å². The molecule has 0 unspecified atom stereocenters. The summed E-state index contributed by atoms with van der Waals surface area (Å²) in [6.07, 6.45) is 0. The van der Waals surface area contributed by atoms with E-state index in [1.807, 2.05) is 5.16 Å². The molecule has 0 heterocycles. The lowest BCUT2D eigenvalue weighted by atomic mass is 10.2. The van der Waals surface area contributed by atoms with Gasteiger partial charge in [0.15, 0.2) is 0 Å². The van der Waals surface area contributed by atoms with Crippen molar-refractivity contribution in [3.63, 3.8) is 0 Å². The predicted molar refractivity (Wildman–Crippen MR) is 60.1 cm³/mol. The Morgan fingerprint density at radius 3 is 2.93 bits per heavy atom. The quantitative estimate of drug-likeness (QED) is 0.613. The highest BCUT2D eigenvalue weighted by Crippen LogP contribution is 2.23. The maximum Gasteiger partial charge on any atom is 0.289 e. The maximum absolute atomic E-state index is 11.3. The molecule has 0 bridgehead atoms. The van der Waals surface area contributed by atoms with Crippen LogP contribution in [-0.4, -0.2) is 18.2 Å². The molecule has 14 heavy (non-hydrogen) atoms. The normalized spacial score (nSPS) is 9.00. The Morgan fingerprint density at radius 2 is 2.36 bits per heavy atom. The lowest BCUT2D eigenvalue weighted by Gasteiger charge is -2.04. The number of rotatable bonds is 2. The first-order valence-electron chi connectivity index (χ1n) is 3.64. The predicted octanol–water partition coefficient (Wildman–Crippen LogP) is 2.70. The zero-order chi connectivity index (χ0) is 10.6. The molecule has 3 nitrogen and oxygen atoms in total. The third kappa shape index (κ3) is 2.48. The van der Waals surface area contributed by atoms with Gasteiger partial charge >= 0.3 is 0 Å². The number of amides is 1. The van der Waals surface area contributed by atoms with Gasteiger partial charge in [-0.25, -0.2) is 0 Å². The minimum atomic E-state index is -0.454. The van der Waals surface area contributed by atoms with Crippen LogP contribution in [0.15, 0.2) is 27.7 Å². The van der Waals surface area contributed by atoms with Crippen LogP contribution >= 0.6 is 28.1 Å². The number of benzene rings is 1. The second kappa shape index (κ2) is 5.00. The van der Waals surface area contributed by atoms with Gasteiger partial charge in [-0.15, -0.1) is 0 Å². The Hall–Kier alpha value is -1.03. The van der Waals surface area contributed by atoms with Gasteiger partial charge in [0.25, 0.3) is 5.91 Å². The molecule has 0 atom stereocenters. The number of carbonyl (C=O) groups excluding carboxylic acids is 1. The number of carbonyl (C=O) groups is 1. The summed E-state index contributed by atoms with van der Waals surface area (Å²) in [5.74, 6) is 0.00252. The number of nitrogens with zero attached hydrogens (tertiary/aromatic N) is 1. The molecule has 0 aromatic heterocycles. The van der Waals surface area contributed by atoms with Gasteiger partial charge < -0.3 is 4.74 Å². The van der Waals surface area contributed by atoms with E-state index in [2.05, 4.69) is 33.1 Å². The number of halogens is 1. The van der Waals surface area contributed by atoms with Crippen molar-refractivity contribution in [1.29, 1.82) is 0 Å². The fourth-order valence-electron chi connectivity index (χ4n) is 0.943. The molecule has 1 amide bonds. The summed E-state index contributed by atoms with van der Waals surface area (Å²) >= 11 is 7.61. The highest BCUT2D eigenvalue weighted by molar-refractivity contribution is 9.10. The van der Waals surface area contributed by atoms with E-state index < -0.39 is 5.91 Å². The molecular weight excluding hydrogens is 266 g/mol. The number of aliphatic imine (C=N–C) groups is 1. The Labute approximate surface area is 94.9 Å². The van der Waals surface area contributed by atoms with E-state index in [-0.39, 0.29) is 0 Å². The van der Waals surface area contributed by atoms with Gasteiger partial charge in [0.2, 0.25) is 0 Å². The van der Waals surface area contributed by atoms with Crippen LogP contribution in [-0.2, 0) is 0 Å². The van der Waals surface area contributed by atoms with Crippen LogP contribution in [0.5, 0.6) is 5.75 Å². The Bertz CT molecular complexity index is 413. The minimum absolute atomic E-state index is 0.369. The van der Waals surface area contributed by atoms with Crippen LogP contribution in [0.1, 0.15) is 10.4 Å². The fraction of sp³-hybridized carbons (Fsp3) is 0.111. The Kier molecular flexibility index (Phi) is 3.95. The summed E-state index contributed by atoms with van der Waals surface area (Å²) in [5.41, 5.74) is 0.369. The third-order valence-corrected chi connectivity index (χ3v) is 2.13. The van der Waals surface area contributed by atoms with E-state index in [1.165, 1.54) is 7.11 Å². The first-order chi connectivity index (χ1) is 6.69. The molecular formula is C9H6BrNO2S. The van der Waals surface area contributed by atoms with Crippen LogP contribution in [0.25, 0.3) is 0 Å². The molecule has 0 aliphatic carbocycles. The van der Waals surface area contributed by atoms with Gasteiger partial charge in [-0.1, -0.05) is 15.9 Å². The number of thiocarbonyl (C=S) groups is 1. The molecule has 1 rings (SSSR count). The summed E-state index contributed by atoms with van der Waals surface area (Å²) in [6.45, 7) is 0. The molecule has 0 N–H and O–H groups in total. The van der Waals surface area contributed by atoms with Crippen LogP contribution in [0.3, 0.4) is 0 Å². The summed E-state index contributed by atoms with van der Waals surface area (Å²) < 4.78 is 5.85. The van der Waals surface area contributed by atoms with Crippen LogP contribution in [0, 0.1) is 0 Å². The topological polar surface area (TPSA) is 38.7 Å². The standard InChI is InChI=1S/C9H6BrNO2S/c1-13-8-4-6(10)2-3-7(8)9(12)11-5-14/h2-4H,1H3. The molecule has 0 aliphatic heterocycles. The number of hydrogen-bond acceptors (Lipinski definition) is 3. The number of methoxy groups -OCH3 is 1. The van der Waals surface area contributed by atoms with Crippen molar-refractivity contribution < 1.29 is 9.53 Å². The highest BCUT2D eigenvalue weighted by Gasteiger charge is 2.10. The van der Waals surface area contributed by atoms with Crippen molar-refractivity contribution in [2.24, 2.45) is 4.99 Å². The van der Waals surface area contributed by atoms with E-state index in [0.29, 0.717) is 11.3 Å². The fourth-order valence-corrected chi connectivity index (χ4v) is 1.37. The van der Waals surface area contributed by atoms with E-state index >= 15 is 0 Å². The summed E-state index contributed by atoms with van der Waals surface area (Å²) in [7, 11) is 1.49. The van der Waals surface area contributed by atoms with Crippen molar-refractivity contribution in [1.82, 2.24) is 0 Å². The molecule has 1 aromatic carbocycles. The maximum atomic E-state index is 11.3. The van der Waals surface area contributed by atoms with Gasteiger partial charge in [-0.05, 0) is 30.4 Å². The van der Waals surface area contributed by atoms with Crippen molar-refractivity contribution in [3.05, 3.63) is 28.2 Å². The zero-order valence-corrected chi connectivity index (χ0v) is 9.68. The number of isothiocyanates is 1. The molecule has 5 heteroatoms. The molecule has 0 spiro atoms. The molecule has 0 radical (unpaired) electrons. The Balaban J connectivity index is 3.20. The lowest BCUT2D eigenvalue weighted by Crippen LogP contribution is -1.98. The molecule has 0 fully saturated rings. The van der Waals surface area contributed by atoms with Gasteiger partial charge in [0.1, 0.15) is 5.75 Å². The zero-order valence-electron chi connectivity index (χ0n) is 7.28. The molecule has 72 valence electrons.